The third-order valence-electron chi connectivity index (χ3n) is 4.33. The molecule has 3 nitrogen and oxygen atoms in total. The van der Waals surface area contributed by atoms with E-state index >= 15 is 0 Å². The summed E-state index contributed by atoms with van der Waals surface area (Å²) in [7, 11) is 0. The summed E-state index contributed by atoms with van der Waals surface area (Å²) in [6.07, 6.45) is 1.92. The summed E-state index contributed by atoms with van der Waals surface area (Å²) in [6, 6.07) is 6.38. The lowest BCUT2D eigenvalue weighted by molar-refractivity contribution is -0.121. The maximum Gasteiger partial charge on any atom is 0.236 e. The molecule has 3 rings (SSSR count). The van der Waals surface area contributed by atoms with Crippen LogP contribution in [0.2, 0.25) is 0 Å². The van der Waals surface area contributed by atoms with E-state index in [0.29, 0.717) is 5.92 Å². The SMILES string of the molecule is CC(C)C[C@@H]1NCC[C@@]12C(=O)Nc1cc(Br)ccc12. The molecule has 102 valence electrons. The quantitative estimate of drug-likeness (QED) is 0.878. The van der Waals surface area contributed by atoms with Crippen molar-refractivity contribution in [1.29, 1.82) is 0 Å². The van der Waals surface area contributed by atoms with Crippen LogP contribution in [0.4, 0.5) is 5.69 Å². The van der Waals surface area contributed by atoms with Crippen LogP contribution >= 0.6 is 15.9 Å². The lowest BCUT2D eigenvalue weighted by atomic mass is 9.73. The van der Waals surface area contributed by atoms with Crippen LogP contribution < -0.4 is 10.6 Å². The zero-order valence-corrected chi connectivity index (χ0v) is 12.9. The van der Waals surface area contributed by atoms with Crippen molar-refractivity contribution in [2.45, 2.75) is 38.1 Å². The summed E-state index contributed by atoms with van der Waals surface area (Å²) in [4.78, 5) is 12.6. The van der Waals surface area contributed by atoms with Gasteiger partial charge in [0.15, 0.2) is 0 Å². The topological polar surface area (TPSA) is 41.1 Å². The van der Waals surface area contributed by atoms with Crippen LogP contribution in [0.15, 0.2) is 22.7 Å². The van der Waals surface area contributed by atoms with Crippen molar-refractivity contribution in [2.75, 3.05) is 11.9 Å². The van der Waals surface area contributed by atoms with E-state index in [0.717, 1.165) is 35.1 Å². The fourth-order valence-corrected chi connectivity index (χ4v) is 3.87. The van der Waals surface area contributed by atoms with Crippen molar-refractivity contribution in [3.63, 3.8) is 0 Å². The molecular weight excluding hydrogens is 304 g/mol. The first-order valence-corrected chi connectivity index (χ1v) is 7.68. The Kier molecular flexibility index (Phi) is 3.18. The number of hydrogen-bond acceptors (Lipinski definition) is 2. The third-order valence-corrected chi connectivity index (χ3v) is 4.82. The van der Waals surface area contributed by atoms with Gasteiger partial charge in [-0.3, -0.25) is 4.79 Å². The molecule has 1 spiro atoms. The molecule has 0 saturated carbocycles. The van der Waals surface area contributed by atoms with Crippen LogP contribution in [0, 0.1) is 5.92 Å². The molecule has 0 aliphatic carbocycles. The van der Waals surface area contributed by atoms with E-state index in [4.69, 9.17) is 0 Å². The summed E-state index contributed by atoms with van der Waals surface area (Å²) < 4.78 is 1.01. The monoisotopic (exact) mass is 322 g/mol. The zero-order valence-electron chi connectivity index (χ0n) is 11.3. The lowest BCUT2D eigenvalue weighted by Gasteiger charge is -2.30. The van der Waals surface area contributed by atoms with Gasteiger partial charge >= 0.3 is 0 Å². The van der Waals surface area contributed by atoms with E-state index in [-0.39, 0.29) is 17.4 Å². The molecule has 1 amide bonds. The second-order valence-electron chi connectivity index (χ2n) is 6.00. The zero-order chi connectivity index (χ0) is 13.6. The number of hydrogen-bond donors (Lipinski definition) is 2. The Balaban J connectivity index is 2.06. The summed E-state index contributed by atoms with van der Waals surface area (Å²) in [5.74, 6) is 0.746. The highest BCUT2D eigenvalue weighted by Gasteiger charge is 2.54. The molecule has 0 bridgehead atoms. The molecule has 1 aromatic rings. The fourth-order valence-electron chi connectivity index (χ4n) is 3.51. The predicted molar refractivity (Wildman–Crippen MR) is 80.3 cm³/mol. The van der Waals surface area contributed by atoms with Crippen LogP contribution in [0.25, 0.3) is 0 Å². The van der Waals surface area contributed by atoms with Crippen LogP contribution in [0.3, 0.4) is 0 Å². The second-order valence-corrected chi connectivity index (χ2v) is 6.92. The van der Waals surface area contributed by atoms with Gasteiger partial charge in [0.2, 0.25) is 5.91 Å². The number of fused-ring (bicyclic) bond motifs is 2. The largest absolute Gasteiger partial charge is 0.325 e. The highest BCUT2D eigenvalue weighted by atomic mass is 79.9. The maximum absolute atomic E-state index is 12.6. The van der Waals surface area contributed by atoms with Crippen molar-refractivity contribution in [2.24, 2.45) is 5.92 Å². The van der Waals surface area contributed by atoms with Gasteiger partial charge in [0, 0.05) is 16.2 Å². The van der Waals surface area contributed by atoms with Crippen LogP contribution in [-0.4, -0.2) is 18.5 Å². The van der Waals surface area contributed by atoms with E-state index in [2.05, 4.69) is 46.5 Å². The Morgan fingerprint density at radius 1 is 1.47 bits per heavy atom. The number of rotatable bonds is 2. The number of anilines is 1. The molecule has 0 unspecified atom stereocenters. The van der Waals surface area contributed by atoms with Crippen molar-refractivity contribution in [3.05, 3.63) is 28.2 Å². The predicted octanol–water partition coefficient (Wildman–Crippen LogP) is 3.05. The van der Waals surface area contributed by atoms with Gasteiger partial charge in [-0.25, -0.2) is 0 Å². The average molecular weight is 323 g/mol. The highest BCUT2D eigenvalue weighted by molar-refractivity contribution is 9.10. The average Bonchev–Trinajstić information content (AvgIpc) is 2.84. The Morgan fingerprint density at radius 2 is 2.26 bits per heavy atom. The number of carbonyl (C=O) groups is 1. The van der Waals surface area contributed by atoms with Crippen molar-refractivity contribution in [1.82, 2.24) is 5.32 Å². The first kappa shape index (κ1) is 13.1. The maximum atomic E-state index is 12.6. The van der Waals surface area contributed by atoms with E-state index in [1.165, 1.54) is 0 Å². The van der Waals surface area contributed by atoms with Crippen LogP contribution in [0.5, 0.6) is 0 Å². The summed E-state index contributed by atoms with van der Waals surface area (Å²) in [5.41, 5.74) is 1.77. The van der Waals surface area contributed by atoms with Gasteiger partial charge in [0.05, 0.1) is 5.41 Å². The normalized spacial score (nSPS) is 29.1. The Morgan fingerprint density at radius 3 is 3.00 bits per heavy atom. The molecule has 19 heavy (non-hydrogen) atoms. The molecule has 2 atom stereocenters. The molecule has 2 N–H and O–H groups in total. The number of carbonyl (C=O) groups excluding carboxylic acids is 1. The minimum atomic E-state index is -0.361. The highest BCUT2D eigenvalue weighted by Crippen LogP contribution is 2.47. The molecule has 1 saturated heterocycles. The fraction of sp³-hybridized carbons (Fsp3) is 0.533. The summed E-state index contributed by atoms with van der Waals surface area (Å²) in [6.45, 7) is 5.34. The number of benzene rings is 1. The minimum Gasteiger partial charge on any atom is -0.325 e. The standard InChI is InChI=1S/C15H19BrN2O/c1-9(2)7-13-15(5-6-17-13)11-4-3-10(16)8-12(11)18-14(15)19/h3-4,8-9,13,17H,5-7H2,1-2H3,(H,18,19)/t13-,15-/m0/s1. The smallest absolute Gasteiger partial charge is 0.236 e. The Labute approximate surface area is 122 Å². The van der Waals surface area contributed by atoms with Gasteiger partial charge < -0.3 is 10.6 Å². The van der Waals surface area contributed by atoms with E-state index in [1.54, 1.807) is 0 Å². The number of amides is 1. The molecule has 0 aromatic heterocycles. The molecule has 4 heteroatoms. The van der Waals surface area contributed by atoms with Gasteiger partial charge in [-0.2, -0.15) is 0 Å². The Bertz CT molecular complexity index is 529. The molecule has 2 aliphatic rings. The molecular formula is C15H19BrN2O. The first-order valence-electron chi connectivity index (χ1n) is 6.89. The van der Waals surface area contributed by atoms with Gasteiger partial charge in [0.25, 0.3) is 0 Å². The van der Waals surface area contributed by atoms with Gasteiger partial charge in [-0.1, -0.05) is 35.8 Å². The molecule has 1 fully saturated rings. The van der Waals surface area contributed by atoms with Gasteiger partial charge in [0.1, 0.15) is 0 Å². The van der Waals surface area contributed by atoms with E-state index in [1.807, 2.05) is 12.1 Å². The summed E-state index contributed by atoms with van der Waals surface area (Å²) >= 11 is 3.47. The van der Waals surface area contributed by atoms with Crippen molar-refractivity contribution in [3.8, 4) is 0 Å². The number of halogens is 1. The lowest BCUT2D eigenvalue weighted by Crippen LogP contribution is -2.46. The molecule has 1 aromatic carbocycles. The molecule has 0 radical (unpaired) electrons. The van der Waals surface area contributed by atoms with E-state index < -0.39 is 0 Å². The van der Waals surface area contributed by atoms with Gasteiger partial charge in [-0.15, -0.1) is 0 Å². The molecule has 2 aliphatic heterocycles. The third kappa shape index (κ3) is 1.93. The van der Waals surface area contributed by atoms with E-state index in [9.17, 15) is 4.79 Å². The summed E-state index contributed by atoms with van der Waals surface area (Å²) in [5, 5.41) is 6.60. The Hall–Kier alpha value is -0.870. The first-order chi connectivity index (χ1) is 9.04. The van der Waals surface area contributed by atoms with Crippen molar-refractivity contribution < 1.29 is 4.79 Å². The van der Waals surface area contributed by atoms with Crippen LogP contribution in [0.1, 0.15) is 32.3 Å². The molecule has 2 heterocycles. The number of nitrogens with one attached hydrogen (secondary N) is 2. The van der Waals surface area contributed by atoms with Crippen LogP contribution in [-0.2, 0) is 10.2 Å². The van der Waals surface area contributed by atoms with Crippen molar-refractivity contribution >= 4 is 27.5 Å². The second kappa shape index (κ2) is 4.60. The minimum absolute atomic E-state index is 0.163. The van der Waals surface area contributed by atoms with Gasteiger partial charge in [-0.05, 0) is 43.0 Å².